The number of carbonyl (C=O) groups excluding carboxylic acids is 3. The summed E-state index contributed by atoms with van der Waals surface area (Å²) in [6.07, 6.45) is 60.6. The van der Waals surface area contributed by atoms with Crippen molar-refractivity contribution in [3.63, 3.8) is 0 Å². The maximum absolute atomic E-state index is 12.8. The minimum atomic E-state index is -0.767. The molecule has 0 saturated carbocycles. The van der Waals surface area contributed by atoms with Crippen LogP contribution < -0.4 is 0 Å². The van der Waals surface area contributed by atoms with Crippen LogP contribution in [0.4, 0.5) is 0 Å². The van der Waals surface area contributed by atoms with E-state index < -0.39 is 6.10 Å². The van der Waals surface area contributed by atoms with Gasteiger partial charge in [0.1, 0.15) is 13.2 Å². The molecule has 0 amide bonds. The van der Waals surface area contributed by atoms with Crippen LogP contribution in [0.2, 0.25) is 0 Å². The zero-order valence-electron chi connectivity index (χ0n) is 43.3. The Labute approximate surface area is 399 Å². The summed E-state index contributed by atoms with van der Waals surface area (Å²) in [7, 11) is 0. The van der Waals surface area contributed by atoms with E-state index in [1.54, 1.807) is 0 Å². The highest BCUT2D eigenvalue weighted by Gasteiger charge is 2.19. The minimum absolute atomic E-state index is 0.0666. The minimum Gasteiger partial charge on any atom is -0.462 e. The van der Waals surface area contributed by atoms with E-state index in [9.17, 15) is 14.4 Å². The predicted molar refractivity (Wildman–Crippen MR) is 275 cm³/mol. The van der Waals surface area contributed by atoms with Gasteiger partial charge >= 0.3 is 17.9 Å². The average molecular weight is 904 g/mol. The zero-order chi connectivity index (χ0) is 46.5. The van der Waals surface area contributed by atoms with Gasteiger partial charge in [-0.3, -0.25) is 14.4 Å². The number of rotatable bonds is 53. The van der Waals surface area contributed by atoms with E-state index in [-0.39, 0.29) is 31.1 Å². The van der Waals surface area contributed by atoms with Crippen LogP contribution in [-0.4, -0.2) is 37.2 Å². The van der Waals surface area contributed by atoms with Crippen molar-refractivity contribution in [2.75, 3.05) is 13.2 Å². The molecule has 1 unspecified atom stereocenters. The molecule has 0 aromatic heterocycles. The predicted octanol–water partition coefficient (Wildman–Crippen LogP) is 18.9. The van der Waals surface area contributed by atoms with E-state index in [0.29, 0.717) is 19.3 Å². The van der Waals surface area contributed by atoms with E-state index in [2.05, 4.69) is 32.9 Å². The molecule has 0 saturated heterocycles. The quantitative estimate of drug-likeness (QED) is 0.0262. The second kappa shape index (κ2) is 53.8. The van der Waals surface area contributed by atoms with E-state index in [1.807, 2.05) is 0 Å². The van der Waals surface area contributed by atoms with Crippen molar-refractivity contribution in [1.29, 1.82) is 0 Å². The molecule has 1 atom stereocenters. The molecule has 0 fully saturated rings. The Kier molecular flexibility index (Phi) is 52.2. The molecule has 0 bridgehead atoms. The van der Waals surface area contributed by atoms with Crippen LogP contribution in [0, 0.1) is 0 Å². The Morgan fingerprint density at radius 2 is 0.516 bits per heavy atom. The molecule has 0 N–H and O–H groups in total. The second-order valence-corrected chi connectivity index (χ2v) is 19.6. The van der Waals surface area contributed by atoms with Crippen molar-refractivity contribution in [1.82, 2.24) is 0 Å². The lowest BCUT2D eigenvalue weighted by Gasteiger charge is -2.18. The van der Waals surface area contributed by atoms with Gasteiger partial charge in [-0.2, -0.15) is 0 Å². The standard InChI is InChI=1S/C58H110O6/c1-4-7-10-13-16-19-22-25-27-28-29-30-31-34-36-39-42-45-48-51-57(60)63-54-55(53-62-56(59)50-47-44-41-38-35-32-24-21-18-15-12-9-6-3)64-58(61)52-49-46-43-40-37-33-26-23-20-17-14-11-8-5-2/h21,24,55H,4-20,22-23,25-54H2,1-3H3/b24-21-. The average Bonchev–Trinajstić information content (AvgIpc) is 3.29. The summed E-state index contributed by atoms with van der Waals surface area (Å²) < 4.78 is 16.9. The lowest BCUT2D eigenvalue weighted by atomic mass is 10.0. The summed E-state index contributed by atoms with van der Waals surface area (Å²) in [5, 5.41) is 0. The zero-order valence-corrected chi connectivity index (χ0v) is 43.3. The van der Waals surface area contributed by atoms with Gasteiger partial charge in [0.2, 0.25) is 0 Å². The van der Waals surface area contributed by atoms with Crippen molar-refractivity contribution in [2.45, 2.75) is 329 Å². The van der Waals surface area contributed by atoms with Gasteiger partial charge in [-0.1, -0.05) is 270 Å². The Balaban J connectivity index is 4.28. The molecule has 0 aliphatic heterocycles. The van der Waals surface area contributed by atoms with E-state index >= 15 is 0 Å². The van der Waals surface area contributed by atoms with Gasteiger partial charge in [-0.05, 0) is 44.9 Å². The van der Waals surface area contributed by atoms with E-state index in [1.165, 1.54) is 218 Å². The summed E-state index contributed by atoms with van der Waals surface area (Å²) in [6.45, 7) is 6.67. The van der Waals surface area contributed by atoms with E-state index in [0.717, 1.165) is 64.2 Å². The molecule has 0 aliphatic rings. The van der Waals surface area contributed by atoms with Gasteiger partial charge < -0.3 is 14.2 Å². The lowest BCUT2D eigenvalue weighted by Crippen LogP contribution is -2.30. The first-order chi connectivity index (χ1) is 31.5. The van der Waals surface area contributed by atoms with E-state index in [4.69, 9.17) is 14.2 Å². The normalized spacial score (nSPS) is 12.0. The number of allylic oxidation sites excluding steroid dienone is 2. The van der Waals surface area contributed by atoms with Crippen molar-refractivity contribution in [3.8, 4) is 0 Å². The van der Waals surface area contributed by atoms with Gasteiger partial charge in [0.25, 0.3) is 0 Å². The van der Waals surface area contributed by atoms with Crippen LogP contribution in [0.15, 0.2) is 12.2 Å². The first-order valence-electron chi connectivity index (χ1n) is 28.7. The van der Waals surface area contributed by atoms with Crippen molar-refractivity contribution in [3.05, 3.63) is 12.2 Å². The van der Waals surface area contributed by atoms with Crippen molar-refractivity contribution >= 4 is 17.9 Å². The van der Waals surface area contributed by atoms with Gasteiger partial charge in [0.15, 0.2) is 6.10 Å². The smallest absolute Gasteiger partial charge is 0.306 e. The first kappa shape index (κ1) is 62.1. The molecule has 378 valence electrons. The molecule has 0 aromatic carbocycles. The molecule has 0 aliphatic carbocycles. The monoisotopic (exact) mass is 903 g/mol. The highest BCUT2D eigenvalue weighted by Crippen LogP contribution is 2.17. The fraction of sp³-hybridized carbons (Fsp3) is 0.914. The summed E-state index contributed by atoms with van der Waals surface area (Å²) in [4.78, 5) is 38.1. The number of ether oxygens (including phenoxy) is 3. The van der Waals surface area contributed by atoms with Crippen LogP contribution in [0.25, 0.3) is 0 Å². The van der Waals surface area contributed by atoms with Crippen molar-refractivity contribution < 1.29 is 28.6 Å². The van der Waals surface area contributed by atoms with Crippen LogP contribution in [-0.2, 0) is 28.6 Å². The third kappa shape index (κ3) is 51.1. The highest BCUT2D eigenvalue weighted by molar-refractivity contribution is 5.71. The Bertz CT molecular complexity index is 993. The molecular weight excluding hydrogens is 793 g/mol. The topological polar surface area (TPSA) is 78.9 Å². The molecule has 64 heavy (non-hydrogen) atoms. The van der Waals surface area contributed by atoms with Gasteiger partial charge in [0.05, 0.1) is 0 Å². The van der Waals surface area contributed by atoms with Crippen LogP contribution in [0.3, 0.4) is 0 Å². The number of unbranched alkanes of at least 4 members (excludes halogenated alkanes) is 40. The molecule has 0 radical (unpaired) electrons. The lowest BCUT2D eigenvalue weighted by molar-refractivity contribution is -0.167. The molecule has 0 heterocycles. The van der Waals surface area contributed by atoms with Crippen LogP contribution in [0.1, 0.15) is 323 Å². The molecule has 6 heteroatoms. The maximum atomic E-state index is 12.8. The van der Waals surface area contributed by atoms with Crippen molar-refractivity contribution in [2.24, 2.45) is 0 Å². The molecule has 0 aromatic rings. The Morgan fingerprint density at radius 3 is 0.797 bits per heavy atom. The van der Waals surface area contributed by atoms with Gasteiger partial charge in [-0.25, -0.2) is 0 Å². The summed E-state index contributed by atoms with van der Waals surface area (Å²) in [6, 6.07) is 0. The molecule has 0 rings (SSSR count). The summed E-state index contributed by atoms with van der Waals surface area (Å²) >= 11 is 0. The SMILES string of the molecule is CCCCCC/C=C\CCCCCCCC(=O)OCC(COC(=O)CCCCCCCCCCCCCCCCCCCCC)OC(=O)CCCCCCCCCCCCCCCC. The molecule has 0 spiro atoms. The highest BCUT2D eigenvalue weighted by atomic mass is 16.6. The largest absolute Gasteiger partial charge is 0.462 e. The molecular formula is C58H110O6. The van der Waals surface area contributed by atoms with Crippen LogP contribution in [0.5, 0.6) is 0 Å². The number of hydrogen-bond donors (Lipinski definition) is 0. The first-order valence-corrected chi connectivity index (χ1v) is 28.7. The fourth-order valence-electron chi connectivity index (χ4n) is 8.68. The number of esters is 3. The Hall–Kier alpha value is -1.85. The summed E-state index contributed by atoms with van der Waals surface area (Å²) in [5.41, 5.74) is 0. The number of hydrogen-bond acceptors (Lipinski definition) is 6. The maximum Gasteiger partial charge on any atom is 0.306 e. The van der Waals surface area contributed by atoms with Gasteiger partial charge in [-0.15, -0.1) is 0 Å². The third-order valence-corrected chi connectivity index (χ3v) is 13.0. The molecule has 6 nitrogen and oxygen atoms in total. The van der Waals surface area contributed by atoms with Crippen LogP contribution >= 0.6 is 0 Å². The Morgan fingerprint density at radius 1 is 0.297 bits per heavy atom. The second-order valence-electron chi connectivity index (χ2n) is 19.6. The third-order valence-electron chi connectivity index (χ3n) is 13.0. The number of carbonyl (C=O) groups is 3. The summed E-state index contributed by atoms with van der Waals surface area (Å²) in [5.74, 6) is -0.852. The fourth-order valence-corrected chi connectivity index (χ4v) is 8.68. The van der Waals surface area contributed by atoms with Gasteiger partial charge in [0, 0.05) is 19.3 Å².